The highest BCUT2D eigenvalue weighted by molar-refractivity contribution is 9.10. The molecular formula is C9H8BrN3O. The number of H-pyrrole nitrogens is 1. The smallest absolute Gasteiger partial charge is 0.277 e. The highest BCUT2D eigenvalue weighted by atomic mass is 79.9. The van der Waals surface area contributed by atoms with E-state index in [1.165, 1.54) is 10.9 Å². The molecule has 2 rings (SSSR count). The molecule has 0 fully saturated rings. The normalized spacial score (nSPS) is 10.4. The maximum absolute atomic E-state index is 11.2. The molecule has 1 aromatic heterocycles. The monoisotopic (exact) mass is 253 g/mol. The van der Waals surface area contributed by atoms with Gasteiger partial charge in [0, 0.05) is 4.47 Å². The van der Waals surface area contributed by atoms with E-state index in [0.29, 0.717) is 6.54 Å². The lowest BCUT2D eigenvalue weighted by Crippen LogP contribution is -2.16. The second-order valence-corrected chi connectivity index (χ2v) is 3.74. The lowest BCUT2D eigenvalue weighted by Gasteiger charge is -2.02. The molecule has 0 aliphatic heterocycles. The SMILES string of the molecule is O=c1[nH]ncn1Cc1ccccc1Br. The van der Waals surface area contributed by atoms with Crippen molar-refractivity contribution in [2.75, 3.05) is 0 Å². The van der Waals surface area contributed by atoms with Crippen molar-refractivity contribution < 1.29 is 0 Å². The van der Waals surface area contributed by atoms with Gasteiger partial charge in [-0.3, -0.25) is 4.57 Å². The van der Waals surface area contributed by atoms with Crippen molar-refractivity contribution in [2.45, 2.75) is 6.54 Å². The van der Waals surface area contributed by atoms with Gasteiger partial charge in [0.15, 0.2) is 0 Å². The molecule has 1 aromatic carbocycles. The van der Waals surface area contributed by atoms with Gasteiger partial charge in [-0.15, -0.1) is 0 Å². The van der Waals surface area contributed by atoms with Crippen molar-refractivity contribution in [1.82, 2.24) is 14.8 Å². The van der Waals surface area contributed by atoms with Crippen LogP contribution in [0.15, 0.2) is 39.9 Å². The van der Waals surface area contributed by atoms with E-state index in [1.807, 2.05) is 24.3 Å². The fourth-order valence-corrected chi connectivity index (χ4v) is 1.60. The average Bonchev–Trinajstić information content (AvgIpc) is 2.56. The quantitative estimate of drug-likeness (QED) is 0.880. The molecule has 14 heavy (non-hydrogen) atoms. The van der Waals surface area contributed by atoms with Crippen LogP contribution in [0.4, 0.5) is 0 Å². The summed E-state index contributed by atoms with van der Waals surface area (Å²) in [5.41, 5.74) is 0.858. The van der Waals surface area contributed by atoms with Crippen LogP contribution < -0.4 is 5.69 Å². The van der Waals surface area contributed by atoms with Gasteiger partial charge >= 0.3 is 5.69 Å². The molecule has 1 heterocycles. The Morgan fingerprint density at radius 1 is 1.43 bits per heavy atom. The number of aromatic nitrogens is 3. The standard InChI is InChI=1S/C9H8BrN3O/c10-8-4-2-1-3-7(8)5-13-6-11-12-9(13)14/h1-4,6H,5H2,(H,12,14). The van der Waals surface area contributed by atoms with Gasteiger partial charge in [0.1, 0.15) is 6.33 Å². The van der Waals surface area contributed by atoms with E-state index in [1.54, 1.807) is 0 Å². The van der Waals surface area contributed by atoms with Crippen LogP contribution in [0.3, 0.4) is 0 Å². The van der Waals surface area contributed by atoms with Crippen LogP contribution in [-0.4, -0.2) is 14.8 Å². The summed E-state index contributed by atoms with van der Waals surface area (Å²) in [7, 11) is 0. The molecule has 72 valence electrons. The van der Waals surface area contributed by atoms with Crippen LogP contribution >= 0.6 is 15.9 Å². The van der Waals surface area contributed by atoms with Gasteiger partial charge in [0.2, 0.25) is 0 Å². The Kier molecular flexibility index (Phi) is 2.49. The van der Waals surface area contributed by atoms with Gasteiger partial charge in [-0.1, -0.05) is 34.1 Å². The number of hydrogen-bond donors (Lipinski definition) is 1. The minimum absolute atomic E-state index is 0.194. The van der Waals surface area contributed by atoms with Crippen molar-refractivity contribution in [3.05, 3.63) is 51.1 Å². The van der Waals surface area contributed by atoms with Gasteiger partial charge in [-0.05, 0) is 11.6 Å². The fourth-order valence-electron chi connectivity index (χ4n) is 1.19. The lowest BCUT2D eigenvalue weighted by atomic mass is 10.2. The van der Waals surface area contributed by atoms with Crippen molar-refractivity contribution in [1.29, 1.82) is 0 Å². The Balaban J connectivity index is 2.32. The zero-order chi connectivity index (χ0) is 9.97. The van der Waals surface area contributed by atoms with E-state index in [0.717, 1.165) is 10.0 Å². The lowest BCUT2D eigenvalue weighted by molar-refractivity contribution is 0.759. The van der Waals surface area contributed by atoms with Crippen LogP contribution in [0.2, 0.25) is 0 Å². The van der Waals surface area contributed by atoms with Crippen LogP contribution in [0, 0.1) is 0 Å². The molecule has 2 aromatic rings. The summed E-state index contributed by atoms with van der Waals surface area (Å²) in [6.45, 7) is 0.525. The molecule has 1 N–H and O–H groups in total. The zero-order valence-electron chi connectivity index (χ0n) is 7.27. The van der Waals surface area contributed by atoms with Gasteiger partial charge in [-0.2, -0.15) is 5.10 Å². The first-order valence-corrected chi connectivity index (χ1v) is 4.90. The molecule has 0 radical (unpaired) electrons. The van der Waals surface area contributed by atoms with E-state index >= 15 is 0 Å². The van der Waals surface area contributed by atoms with Crippen molar-refractivity contribution in [3.8, 4) is 0 Å². The van der Waals surface area contributed by atoms with Gasteiger partial charge in [0.05, 0.1) is 6.54 Å². The minimum Gasteiger partial charge on any atom is -0.277 e. The topological polar surface area (TPSA) is 50.7 Å². The van der Waals surface area contributed by atoms with E-state index in [9.17, 15) is 4.79 Å². The molecule has 0 unspecified atom stereocenters. The number of hydrogen-bond acceptors (Lipinski definition) is 2. The van der Waals surface area contributed by atoms with Crippen LogP contribution in [0.25, 0.3) is 0 Å². The summed E-state index contributed by atoms with van der Waals surface area (Å²) in [6.07, 6.45) is 1.49. The van der Waals surface area contributed by atoms with Crippen molar-refractivity contribution in [2.24, 2.45) is 0 Å². The average molecular weight is 254 g/mol. The van der Waals surface area contributed by atoms with E-state index in [-0.39, 0.29) is 5.69 Å². The van der Waals surface area contributed by atoms with Crippen LogP contribution in [-0.2, 0) is 6.54 Å². The number of benzene rings is 1. The minimum atomic E-state index is -0.194. The molecule has 0 atom stereocenters. The van der Waals surface area contributed by atoms with Crippen LogP contribution in [0.5, 0.6) is 0 Å². The van der Waals surface area contributed by atoms with Gasteiger partial charge in [0.25, 0.3) is 0 Å². The zero-order valence-corrected chi connectivity index (χ0v) is 8.86. The summed E-state index contributed by atoms with van der Waals surface area (Å²) < 4.78 is 2.51. The van der Waals surface area contributed by atoms with Gasteiger partial charge in [-0.25, -0.2) is 9.89 Å². The first-order chi connectivity index (χ1) is 6.77. The third kappa shape index (κ3) is 1.77. The van der Waals surface area contributed by atoms with E-state index in [2.05, 4.69) is 26.1 Å². The Hall–Kier alpha value is -1.36. The molecule has 0 saturated heterocycles. The second-order valence-electron chi connectivity index (χ2n) is 2.88. The maximum atomic E-state index is 11.2. The Morgan fingerprint density at radius 3 is 2.86 bits per heavy atom. The number of halogens is 1. The summed E-state index contributed by atoms with van der Waals surface area (Å²) in [5.74, 6) is 0. The molecule has 0 amide bonds. The highest BCUT2D eigenvalue weighted by Gasteiger charge is 2.01. The molecule has 0 bridgehead atoms. The van der Waals surface area contributed by atoms with E-state index in [4.69, 9.17) is 0 Å². The Morgan fingerprint density at radius 2 is 2.21 bits per heavy atom. The first kappa shape index (κ1) is 9.21. The first-order valence-electron chi connectivity index (χ1n) is 4.10. The number of rotatable bonds is 2. The number of nitrogens with one attached hydrogen (secondary N) is 1. The van der Waals surface area contributed by atoms with Crippen molar-refractivity contribution in [3.63, 3.8) is 0 Å². The molecule has 0 spiro atoms. The molecule has 0 aliphatic rings. The largest absolute Gasteiger partial charge is 0.343 e. The third-order valence-electron chi connectivity index (χ3n) is 1.92. The predicted octanol–water partition coefficient (Wildman–Crippen LogP) is 1.38. The predicted molar refractivity (Wildman–Crippen MR) is 56.1 cm³/mol. The maximum Gasteiger partial charge on any atom is 0.343 e. The number of aromatic amines is 1. The van der Waals surface area contributed by atoms with Crippen molar-refractivity contribution >= 4 is 15.9 Å². The van der Waals surface area contributed by atoms with E-state index < -0.39 is 0 Å². The van der Waals surface area contributed by atoms with Gasteiger partial charge < -0.3 is 0 Å². The molecule has 4 nitrogen and oxygen atoms in total. The summed E-state index contributed by atoms with van der Waals surface area (Å²) in [6, 6.07) is 7.78. The van der Waals surface area contributed by atoms with Crippen LogP contribution in [0.1, 0.15) is 5.56 Å². The molecule has 5 heteroatoms. The molecule has 0 saturated carbocycles. The number of nitrogens with zero attached hydrogens (tertiary/aromatic N) is 2. The third-order valence-corrected chi connectivity index (χ3v) is 2.69. The molecule has 0 aliphatic carbocycles. The molecular weight excluding hydrogens is 246 g/mol. The second kappa shape index (κ2) is 3.79. The highest BCUT2D eigenvalue weighted by Crippen LogP contribution is 2.15. The summed E-state index contributed by atoms with van der Waals surface area (Å²) in [4.78, 5) is 11.2. The fraction of sp³-hybridized carbons (Fsp3) is 0.111. The Bertz CT molecular complexity index is 489. The summed E-state index contributed by atoms with van der Waals surface area (Å²) >= 11 is 3.42. The summed E-state index contributed by atoms with van der Waals surface area (Å²) in [5, 5.41) is 6.01. The Labute approximate surface area is 88.7 Å².